The fourth-order valence-electron chi connectivity index (χ4n) is 1.83. The molecule has 1 N–H and O–H groups in total. The molecule has 0 spiro atoms. The number of rotatable bonds is 5. The predicted molar refractivity (Wildman–Crippen MR) is 67.2 cm³/mol. The SMILES string of the molecule is OC(CC(Cl)=CCl)(Cn1cncn1)C1(Cl)CC1. The van der Waals surface area contributed by atoms with Crippen LogP contribution in [0.4, 0.5) is 0 Å². The summed E-state index contributed by atoms with van der Waals surface area (Å²) in [6, 6.07) is 0. The summed E-state index contributed by atoms with van der Waals surface area (Å²) < 4.78 is 1.54. The average molecular weight is 297 g/mol. The molecule has 17 heavy (non-hydrogen) atoms. The summed E-state index contributed by atoms with van der Waals surface area (Å²) in [4.78, 5) is 3.19. The van der Waals surface area contributed by atoms with Crippen molar-refractivity contribution >= 4 is 34.8 Å². The second-order valence-electron chi connectivity index (χ2n) is 4.32. The second-order valence-corrected chi connectivity index (χ2v) is 5.75. The molecule has 0 aromatic carbocycles. The van der Waals surface area contributed by atoms with Crippen LogP contribution in [0.1, 0.15) is 19.3 Å². The smallest absolute Gasteiger partial charge is 0.137 e. The first-order chi connectivity index (χ1) is 7.99. The van der Waals surface area contributed by atoms with E-state index in [0.29, 0.717) is 5.03 Å². The molecule has 2 rings (SSSR count). The van der Waals surface area contributed by atoms with Gasteiger partial charge < -0.3 is 5.11 Å². The lowest BCUT2D eigenvalue weighted by Crippen LogP contribution is -2.45. The first-order valence-corrected chi connectivity index (χ1v) is 6.37. The Kier molecular flexibility index (Phi) is 3.69. The Balaban J connectivity index is 2.18. The number of hydrogen-bond donors (Lipinski definition) is 1. The van der Waals surface area contributed by atoms with E-state index in [4.69, 9.17) is 34.8 Å². The van der Waals surface area contributed by atoms with Crippen molar-refractivity contribution in [2.24, 2.45) is 0 Å². The molecule has 0 bridgehead atoms. The van der Waals surface area contributed by atoms with Crippen molar-refractivity contribution in [2.75, 3.05) is 0 Å². The lowest BCUT2D eigenvalue weighted by atomic mass is 9.93. The summed E-state index contributed by atoms with van der Waals surface area (Å²) in [6.45, 7) is 0.247. The Bertz CT molecular complexity index is 416. The van der Waals surface area contributed by atoms with Gasteiger partial charge in [0.1, 0.15) is 18.3 Å². The minimum absolute atomic E-state index is 0.210. The summed E-state index contributed by atoms with van der Waals surface area (Å²) in [5.41, 5.74) is 0.0845. The number of alkyl halides is 1. The van der Waals surface area contributed by atoms with Gasteiger partial charge in [0, 0.05) is 17.0 Å². The Morgan fingerprint density at radius 3 is 2.76 bits per heavy atom. The highest BCUT2D eigenvalue weighted by Gasteiger charge is 2.58. The van der Waals surface area contributed by atoms with E-state index in [1.165, 1.54) is 18.2 Å². The van der Waals surface area contributed by atoms with Crippen LogP contribution in [-0.2, 0) is 6.54 Å². The second kappa shape index (κ2) is 4.76. The third kappa shape index (κ3) is 2.76. The lowest BCUT2D eigenvalue weighted by molar-refractivity contribution is 0.00926. The molecule has 0 radical (unpaired) electrons. The number of aromatic nitrogens is 3. The van der Waals surface area contributed by atoms with Crippen LogP contribution in [0.15, 0.2) is 23.2 Å². The van der Waals surface area contributed by atoms with E-state index in [1.54, 1.807) is 4.68 Å². The third-order valence-electron chi connectivity index (χ3n) is 2.99. The molecule has 4 nitrogen and oxygen atoms in total. The molecule has 1 aliphatic carbocycles. The van der Waals surface area contributed by atoms with E-state index in [0.717, 1.165) is 12.8 Å². The summed E-state index contributed by atoms with van der Waals surface area (Å²) >= 11 is 17.7. The third-order valence-corrected chi connectivity index (χ3v) is 4.34. The zero-order valence-corrected chi connectivity index (χ0v) is 11.3. The zero-order valence-electron chi connectivity index (χ0n) is 8.98. The van der Waals surface area contributed by atoms with Crippen LogP contribution in [0.5, 0.6) is 0 Å². The molecular formula is C10H12Cl3N3O. The van der Waals surface area contributed by atoms with Crippen molar-refractivity contribution in [3.8, 4) is 0 Å². The number of halogens is 3. The van der Waals surface area contributed by atoms with Crippen LogP contribution in [0.2, 0.25) is 0 Å². The van der Waals surface area contributed by atoms with Gasteiger partial charge in [-0.15, -0.1) is 11.6 Å². The van der Waals surface area contributed by atoms with Gasteiger partial charge in [-0.1, -0.05) is 23.2 Å². The van der Waals surface area contributed by atoms with Gasteiger partial charge in [-0.05, 0) is 12.8 Å². The van der Waals surface area contributed by atoms with Crippen LogP contribution in [0.3, 0.4) is 0 Å². The van der Waals surface area contributed by atoms with Gasteiger partial charge in [-0.2, -0.15) is 5.10 Å². The summed E-state index contributed by atoms with van der Waals surface area (Å²) in [6.07, 6.45) is 4.67. The van der Waals surface area contributed by atoms with E-state index in [2.05, 4.69) is 10.1 Å². The van der Waals surface area contributed by atoms with E-state index in [1.807, 2.05) is 0 Å². The summed E-state index contributed by atoms with van der Waals surface area (Å²) in [5, 5.41) is 15.0. The number of nitrogens with zero attached hydrogens (tertiary/aromatic N) is 3. The van der Waals surface area contributed by atoms with Crippen molar-refractivity contribution in [3.05, 3.63) is 23.2 Å². The molecule has 1 aliphatic rings. The van der Waals surface area contributed by atoms with E-state index < -0.39 is 10.5 Å². The maximum Gasteiger partial charge on any atom is 0.137 e. The minimum atomic E-state index is -1.16. The van der Waals surface area contributed by atoms with Gasteiger partial charge in [0.2, 0.25) is 0 Å². The summed E-state index contributed by atoms with van der Waals surface area (Å²) in [7, 11) is 0. The minimum Gasteiger partial charge on any atom is -0.386 e. The average Bonchev–Trinajstić information content (AvgIpc) is 2.85. The highest BCUT2D eigenvalue weighted by atomic mass is 35.5. The molecule has 0 amide bonds. The molecule has 1 unspecified atom stereocenters. The van der Waals surface area contributed by atoms with Crippen LogP contribution in [0.25, 0.3) is 0 Å². The van der Waals surface area contributed by atoms with Crippen LogP contribution < -0.4 is 0 Å². The standard InChI is InChI=1S/C10H12Cl3N3O/c11-4-8(12)3-10(17,9(13)1-2-9)5-16-7-14-6-15-16/h4,6-7,17H,1-3,5H2. The van der Waals surface area contributed by atoms with Crippen LogP contribution >= 0.6 is 34.8 Å². The van der Waals surface area contributed by atoms with Gasteiger partial charge in [0.15, 0.2) is 0 Å². The largest absolute Gasteiger partial charge is 0.386 e. The monoisotopic (exact) mass is 295 g/mol. The lowest BCUT2D eigenvalue weighted by Gasteiger charge is -2.32. The molecule has 7 heteroatoms. The molecule has 0 aliphatic heterocycles. The van der Waals surface area contributed by atoms with E-state index in [9.17, 15) is 5.11 Å². The van der Waals surface area contributed by atoms with Crippen molar-refractivity contribution in [2.45, 2.75) is 36.3 Å². The maximum atomic E-state index is 10.7. The predicted octanol–water partition coefficient (Wildman–Crippen LogP) is 2.49. The Hall–Kier alpha value is -0.290. The normalized spacial score (nSPS) is 22.2. The first kappa shape index (κ1) is 13.1. The zero-order chi connectivity index (χ0) is 12.5. The van der Waals surface area contributed by atoms with Crippen molar-refractivity contribution in [1.29, 1.82) is 0 Å². The Labute approximate surface area is 114 Å². The molecular weight excluding hydrogens is 284 g/mol. The van der Waals surface area contributed by atoms with E-state index in [-0.39, 0.29) is 13.0 Å². The fourth-order valence-corrected chi connectivity index (χ4v) is 2.35. The maximum absolute atomic E-state index is 10.7. The summed E-state index contributed by atoms with van der Waals surface area (Å²) in [5.74, 6) is 0. The topological polar surface area (TPSA) is 50.9 Å². The number of aliphatic hydroxyl groups is 1. The van der Waals surface area contributed by atoms with Crippen molar-refractivity contribution in [3.63, 3.8) is 0 Å². The number of hydrogen-bond acceptors (Lipinski definition) is 3. The fraction of sp³-hybridized carbons (Fsp3) is 0.600. The van der Waals surface area contributed by atoms with E-state index >= 15 is 0 Å². The van der Waals surface area contributed by atoms with Gasteiger partial charge in [-0.3, -0.25) is 0 Å². The molecule has 1 aromatic heterocycles. The van der Waals surface area contributed by atoms with Gasteiger partial charge in [-0.25, -0.2) is 9.67 Å². The molecule has 1 fully saturated rings. The molecule has 1 heterocycles. The van der Waals surface area contributed by atoms with Crippen LogP contribution in [0, 0.1) is 0 Å². The Morgan fingerprint density at radius 1 is 1.59 bits per heavy atom. The molecule has 0 saturated heterocycles. The van der Waals surface area contributed by atoms with Crippen molar-refractivity contribution in [1.82, 2.24) is 14.8 Å². The highest BCUT2D eigenvalue weighted by Crippen LogP contribution is 2.54. The van der Waals surface area contributed by atoms with Crippen LogP contribution in [-0.4, -0.2) is 30.3 Å². The molecule has 1 aromatic rings. The van der Waals surface area contributed by atoms with Crippen molar-refractivity contribution < 1.29 is 5.11 Å². The highest BCUT2D eigenvalue weighted by molar-refractivity contribution is 6.36. The Morgan fingerprint density at radius 2 is 2.29 bits per heavy atom. The first-order valence-electron chi connectivity index (χ1n) is 5.18. The molecule has 1 atom stereocenters. The molecule has 1 saturated carbocycles. The molecule has 94 valence electrons. The van der Waals surface area contributed by atoms with Gasteiger partial charge in [0.25, 0.3) is 0 Å². The van der Waals surface area contributed by atoms with Gasteiger partial charge >= 0.3 is 0 Å². The van der Waals surface area contributed by atoms with Gasteiger partial charge in [0.05, 0.1) is 11.4 Å². The quantitative estimate of drug-likeness (QED) is 0.849.